The van der Waals surface area contributed by atoms with Crippen molar-refractivity contribution in [2.24, 2.45) is 4.99 Å². The summed E-state index contributed by atoms with van der Waals surface area (Å²) in [5, 5.41) is 10.3. The molecule has 0 saturated heterocycles. The van der Waals surface area contributed by atoms with E-state index < -0.39 is 0 Å². The molecule has 4 rings (SSSR count). The zero-order chi connectivity index (χ0) is 19.8. The zero-order valence-electron chi connectivity index (χ0n) is 15.2. The normalized spacial score (nSPS) is 11.6. The maximum atomic E-state index is 10.0. The van der Waals surface area contributed by atoms with E-state index in [1.54, 1.807) is 18.3 Å². The molecule has 0 fully saturated rings. The summed E-state index contributed by atoms with van der Waals surface area (Å²) in [5.74, 6) is 0.578. The van der Waals surface area contributed by atoms with Crippen molar-refractivity contribution in [3.05, 3.63) is 74.7 Å². The molecule has 4 nitrogen and oxygen atoms in total. The van der Waals surface area contributed by atoms with Crippen LogP contribution in [0.15, 0.2) is 62.4 Å². The van der Waals surface area contributed by atoms with E-state index in [4.69, 9.17) is 16.0 Å². The number of aliphatic imine (C=N–C) groups is 1. The van der Waals surface area contributed by atoms with Gasteiger partial charge in [0, 0.05) is 21.8 Å². The molecule has 0 aliphatic heterocycles. The Kier molecular flexibility index (Phi) is 4.96. The van der Waals surface area contributed by atoms with Crippen LogP contribution in [0.3, 0.4) is 0 Å². The Hall–Kier alpha value is -2.63. The molecule has 0 radical (unpaired) electrons. The van der Waals surface area contributed by atoms with Gasteiger partial charge in [-0.25, -0.2) is 4.98 Å². The molecule has 0 unspecified atom stereocenters. The second-order valence-corrected chi connectivity index (χ2v) is 7.88. The Morgan fingerprint density at radius 2 is 1.79 bits per heavy atom. The molecule has 1 heterocycles. The number of phenolic OH excluding ortho intramolecular Hbond substituents is 1. The predicted molar refractivity (Wildman–Crippen MR) is 117 cm³/mol. The molecular formula is C22H16BrClN2O2. The molecular weight excluding hydrogens is 440 g/mol. The van der Waals surface area contributed by atoms with E-state index in [2.05, 4.69) is 39.8 Å². The van der Waals surface area contributed by atoms with Gasteiger partial charge in [-0.05, 0) is 73.5 Å². The van der Waals surface area contributed by atoms with Gasteiger partial charge in [-0.1, -0.05) is 27.5 Å². The van der Waals surface area contributed by atoms with Crippen LogP contribution in [0.2, 0.25) is 5.02 Å². The molecule has 4 aromatic rings. The summed E-state index contributed by atoms with van der Waals surface area (Å²) >= 11 is 9.34. The summed E-state index contributed by atoms with van der Waals surface area (Å²) < 4.78 is 6.67. The first-order valence-electron chi connectivity index (χ1n) is 8.61. The van der Waals surface area contributed by atoms with Gasteiger partial charge in [-0.3, -0.25) is 4.99 Å². The minimum absolute atomic E-state index is 0.00213. The van der Waals surface area contributed by atoms with Crippen LogP contribution in [0, 0.1) is 13.8 Å². The van der Waals surface area contributed by atoms with Crippen molar-refractivity contribution in [2.45, 2.75) is 13.8 Å². The molecule has 0 aliphatic carbocycles. The highest BCUT2D eigenvalue weighted by Crippen LogP contribution is 2.31. The lowest BCUT2D eigenvalue weighted by Gasteiger charge is -2.02. The summed E-state index contributed by atoms with van der Waals surface area (Å²) in [7, 11) is 0. The van der Waals surface area contributed by atoms with Crippen molar-refractivity contribution in [3.8, 4) is 17.2 Å². The third-order valence-electron chi connectivity index (χ3n) is 4.53. The number of oxazole rings is 1. The van der Waals surface area contributed by atoms with Crippen molar-refractivity contribution in [1.82, 2.24) is 4.98 Å². The van der Waals surface area contributed by atoms with Crippen LogP contribution in [0.25, 0.3) is 22.6 Å². The Morgan fingerprint density at radius 3 is 2.54 bits per heavy atom. The van der Waals surface area contributed by atoms with Gasteiger partial charge in [-0.15, -0.1) is 0 Å². The van der Waals surface area contributed by atoms with Gasteiger partial charge in [0.05, 0.1) is 10.7 Å². The molecule has 28 heavy (non-hydrogen) atoms. The number of nitrogens with zero attached hydrogens (tertiary/aromatic N) is 2. The van der Waals surface area contributed by atoms with Crippen LogP contribution in [0.4, 0.5) is 5.69 Å². The summed E-state index contributed by atoms with van der Waals surface area (Å²) in [6, 6.07) is 15.0. The van der Waals surface area contributed by atoms with Gasteiger partial charge in [0.1, 0.15) is 11.3 Å². The van der Waals surface area contributed by atoms with Gasteiger partial charge < -0.3 is 9.52 Å². The average Bonchev–Trinajstić information content (AvgIpc) is 3.07. The van der Waals surface area contributed by atoms with Crippen molar-refractivity contribution >= 4 is 50.5 Å². The molecule has 1 N–H and O–H groups in total. The fourth-order valence-corrected chi connectivity index (χ4v) is 3.66. The summed E-state index contributed by atoms with van der Waals surface area (Å²) in [5.41, 5.74) is 6.14. The van der Waals surface area contributed by atoms with E-state index >= 15 is 0 Å². The lowest BCUT2D eigenvalue weighted by atomic mass is 10.1. The smallest absolute Gasteiger partial charge is 0.227 e. The predicted octanol–water partition coefficient (Wildman–Crippen LogP) is 6.98. The molecule has 1 aromatic heterocycles. The highest BCUT2D eigenvalue weighted by Gasteiger charge is 2.10. The molecule has 0 aliphatic rings. The zero-order valence-corrected chi connectivity index (χ0v) is 17.5. The van der Waals surface area contributed by atoms with Gasteiger partial charge in [0.15, 0.2) is 5.58 Å². The van der Waals surface area contributed by atoms with Gasteiger partial charge in [0.2, 0.25) is 5.89 Å². The quantitative estimate of drug-likeness (QED) is 0.339. The fourth-order valence-electron chi connectivity index (χ4n) is 2.82. The number of fused-ring (bicyclic) bond motifs is 1. The number of halogens is 2. The number of rotatable bonds is 3. The second kappa shape index (κ2) is 7.41. The number of phenols is 1. The van der Waals surface area contributed by atoms with E-state index in [1.807, 2.05) is 36.4 Å². The van der Waals surface area contributed by atoms with Crippen molar-refractivity contribution < 1.29 is 9.52 Å². The molecule has 3 aromatic carbocycles. The summed E-state index contributed by atoms with van der Waals surface area (Å²) in [6.45, 7) is 4.12. The molecule has 6 heteroatoms. The average molecular weight is 456 g/mol. The Labute approximate surface area is 175 Å². The Morgan fingerprint density at radius 1 is 1.07 bits per heavy atom. The number of aromatic hydroxyl groups is 1. The maximum Gasteiger partial charge on any atom is 0.227 e. The van der Waals surface area contributed by atoms with Crippen LogP contribution < -0.4 is 0 Å². The first-order valence-corrected chi connectivity index (χ1v) is 9.78. The molecule has 0 atom stereocenters. The van der Waals surface area contributed by atoms with Crippen molar-refractivity contribution in [3.63, 3.8) is 0 Å². The monoisotopic (exact) mass is 454 g/mol. The molecule has 0 bridgehead atoms. The first-order chi connectivity index (χ1) is 13.4. The SMILES string of the molecule is Cc1cc2nc(-c3ccc(N=Cc4cc(Br)cc(Cl)c4O)cc3)oc2cc1C. The first kappa shape index (κ1) is 18.7. The third kappa shape index (κ3) is 3.68. The number of aromatic nitrogens is 1. The minimum atomic E-state index is 0.00213. The van der Waals surface area contributed by atoms with Crippen molar-refractivity contribution in [2.75, 3.05) is 0 Å². The molecule has 140 valence electrons. The summed E-state index contributed by atoms with van der Waals surface area (Å²) in [6.07, 6.45) is 1.58. The third-order valence-corrected chi connectivity index (χ3v) is 5.27. The van der Waals surface area contributed by atoms with Gasteiger partial charge in [0.25, 0.3) is 0 Å². The van der Waals surface area contributed by atoms with E-state index in [0.717, 1.165) is 26.8 Å². The second-order valence-electron chi connectivity index (χ2n) is 6.55. The Balaban J connectivity index is 1.61. The van der Waals surface area contributed by atoms with Crippen LogP contribution in [-0.4, -0.2) is 16.3 Å². The lowest BCUT2D eigenvalue weighted by Crippen LogP contribution is -1.84. The number of aryl methyl sites for hydroxylation is 2. The van der Waals surface area contributed by atoms with Crippen LogP contribution in [0.5, 0.6) is 5.75 Å². The van der Waals surface area contributed by atoms with Crippen LogP contribution in [-0.2, 0) is 0 Å². The highest BCUT2D eigenvalue weighted by atomic mass is 79.9. The van der Waals surface area contributed by atoms with Crippen molar-refractivity contribution in [1.29, 1.82) is 0 Å². The highest BCUT2D eigenvalue weighted by molar-refractivity contribution is 9.10. The standard InChI is InChI=1S/C22H16BrClN2O2/c1-12-7-19-20(8-13(12)2)28-22(26-19)14-3-5-17(6-4-14)25-11-15-9-16(23)10-18(24)21(15)27/h3-11,27H,1-2H3. The lowest BCUT2D eigenvalue weighted by molar-refractivity contribution is 0.474. The number of hydrogen-bond acceptors (Lipinski definition) is 4. The summed E-state index contributed by atoms with van der Waals surface area (Å²) in [4.78, 5) is 8.99. The number of benzene rings is 3. The van der Waals surface area contributed by atoms with Gasteiger partial charge >= 0.3 is 0 Å². The molecule has 0 saturated carbocycles. The topological polar surface area (TPSA) is 58.6 Å². The Bertz CT molecular complexity index is 1170. The van der Waals surface area contributed by atoms with E-state index in [0.29, 0.717) is 11.5 Å². The van der Waals surface area contributed by atoms with E-state index in [9.17, 15) is 5.11 Å². The fraction of sp³-hybridized carbons (Fsp3) is 0.0909. The number of hydrogen-bond donors (Lipinski definition) is 1. The van der Waals surface area contributed by atoms with Crippen LogP contribution >= 0.6 is 27.5 Å². The van der Waals surface area contributed by atoms with E-state index in [-0.39, 0.29) is 10.8 Å². The van der Waals surface area contributed by atoms with Gasteiger partial charge in [-0.2, -0.15) is 0 Å². The minimum Gasteiger partial charge on any atom is -0.506 e. The molecule has 0 amide bonds. The van der Waals surface area contributed by atoms with E-state index in [1.165, 1.54) is 11.1 Å². The molecule has 0 spiro atoms. The largest absolute Gasteiger partial charge is 0.506 e. The maximum absolute atomic E-state index is 10.0. The van der Waals surface area contributed by atoms with Crippen LogP contribution in [0.1, 0.15) is 16.7 Å².